The Morgan fingerprint density at radius 2 is 2.50 bits per heavy atom. The van der Waals surface area contributed by atoms with E-state index in [2.05, 4.69) is 4.74 Å². The summed E-state index contributed by atoms with van der Waals surface area (Å²) in [6, 6.07) is 0. The Morgan fingerprint density at radius 3 is 2.67 bits per heavy atom. The van der Waals surface area contributed by atoms with Gasteiger partial charge in [0.2, 0.25) is 0 Å². The highest BCUT2D eigenvalue weighted by Gasteiger charge is 1.60. The molecule has 0 saturated carbocycles. The summed E-state index contributed by atoms with van der Waals surface area (Å²) in [5.41, 5.74) is 4.91. The van der Waals surface area contributed by atoms with Crippen LogP contribution in [0.15, 0.2) is 12.5 Å². The molecule has 36 valence electrons. The van der Waals surface area contributed by atoms with E-state index in [1.165, 1.54) is 12.5 Å². The Hall–Kier alpha value is -0.660. The van der Waals surface area contributed by atoms with E-state index in [9.17, 15) is 0 Å². The maximum absolute atomic E-state index is 4.91. The standard InChI is InChI=1S/C4H9NO/c1-2-6-4-3-5/h3-4H,2,5H2,1H3/b4-3-. The molecule has 0 rings (SSSR count). The van der Waals surface area contributed by atoms with Crippen molar-refractivity contribution >= 4 is 0 Å². The summed E-state index contributed by atoms with van der Waals surface area (Å²) >= 11 is 0. The van der Waals surface area contributed by atoms with E-state index in [0.717, 1.165) is 0 Å². The molecular formula is C4H9NO. The zero-order valence-electron chi connectivity index (χ0n) is 3.85. The van der Waals surface area contributed by atoms with Gasteiger partial charge in [-0.05, 0) is 6.92 Å². The molecule has 0 spiro atoms. The predicted octanol–water partition coefficient (Wildman–Crippen LogP) is 0.453. The second-order valence-corrected chi connectivity index (χ2v) is 0.784. The van der Waals surface area contributed by atoms with E-state index < -0.39 is 0 Å². The third kappa shape index (κ3) is 3.34. The number of nitrogens with two attached hydrogens (primary N) is 1. The summed E-state index contributed by atoms with van der Waals surface area (Å²) in [4.78, 5) is 0. The van der Waals surface area contributed by atoms with Crippen molar-refractivity contribution in [2.24, 2.45) is 5.73 Å². The van der Waals surface area contributed by atoms with Gasteiger partial charge in [0.25, 0.3) is 0 Å². The third-order valence-electron chi connectivity index (χ3n) is 0.341. The fourth-order valence-corrected chi connectivity index (χ4v) is 0.152. The number of ether oxygens (including phenoxy) is 1. The largest absolute Gasteiger partial charge is 0.500 e. The summed E-state index contributed by atoms with van der Waals surface area (Å²) < 4.78 is 4.68. The highest BCUT2D eigenvalue weighted by molar-refractivity contribution is 4.61. The highest BCUT2D eigenvalue weighted by Crippen LogP contribution is 1.68. The van der Waals surface area contributed by atoms with Gasteiger partial charge in [-0.2, -0.15) is 0 Å². The van der Waals surface area contributed by atoms with E-state index in [1.807, 2.05) is 6.92 Å². The van der Waals surface area contributed by atoms with Crippen molar-refractivity contribution in [3.05, 3.63) is 12.5 Å². The molecule has 2 nitrogen and oxygen atoms in total. The van der Waals surface area contributed by atoms with Gasteiger partial charge in [0.05, 0.1) is 12.9 Å². The van der Waals surface area contributed by atoms with E-state index in [1.54, 1.807) is 0 Å². The maximum atomic E-state index is 4.91. The average Bonchev–Trinajstić information content (AvgIpc) is 1.61. The number of hydrogen-bond acceptors (Lipinski definition) is 2. The van der Waals surface area contributed by atoms with Crippen LogP contribution in [-0.2, 0) is 4.74 Å². The average molecular weight is 87.1 g/mol. The van der Waals surface area contributed by atoms with E-state index in [4.69, 9.17) is 5.73 Å². The zero-order chi connectivity index (χ0) is 4.83. The second kappa shape index (κ2) is 4.34. The molecule has 0 bridgehead atoms. The Balaban J connectivity index is 2.66. The summed E-state index contributed by atoms with van der Waals surface area (Å²) in [6.07, 6.45) is 2.82. The third-order valence-corrected chi connectivity index (χ3v) is 0.341. The Kier molecular flexibility index (Phi) is 3.86. The smallest absolute Gasteiger partial charge is 0.0983 e. The Morgan fingerprint density at radius 1 is 1.83 bits per heavy atom. The van der Waals surface area contributed by atoms with Crippen molar-refractivity contribution in [3.8, 4) is 0 Å². The molecule has 0 unspecified atom stereocenters. The van der Waals surface area contributed by atoms with Gasteiger partial charge in [0.1, 0.15) is 0 Å². The van der Waals surface area contributed by atoms with Gasteiger partial charge in [-0.15, -0.1) is 0 Å². The minimum absolute atomic E-state index is 0.688. The van der Waals surface area contributed by atoms with Crippen molar-refractivity contribution in [1.82, 2.24) is 0 Å². The first-order valence-corrected chi connectivity index (χ1v) is 1.90. The summed E-state index contributed by atoms with van der Waals surface area (Å²) in [5, 5.41) is 0. The van der Waals surface area contributed by atoms with Gasteiger partial charge in [-0.3, -0.25) is 0 Å². The van der Waals surface area contributed by atoms with E-state index in [0.29, 0.717) is 6.61 Å². The van der Waals surface area contributed by atoms with Crippen molar-refractivity contribution in [2.45, 2.75) is 6.92 Å². The zero-order valence-corrected chi connectivity index (χ0v) is 3.85. The van der Waals surface area contributed by atoms with Crippen molar-refractivity contribution in [2.75, 3.05) is 6.61 Å². The summed E-state index contributed by atoms with van der Waals surface area (Å²) in [6.45, 7) is 2.59. The lowest BCUT2D eigenvalue weighted by atomic mass is 10.9. The van der Waals surface area contributed by atoms with Crippen LogP contribution < -0.4 is 5.73 Å². The molecule has 0 aliphatic rings. The Bertz CT molecular complexity index is 42.8. The van der Waals surface area contributed by atoms with E-state index >= 15 is 0 Å². The van der Waals surface area contributed by atoms with Crippen molar-refractivity contribution in [1.29, 1.82) is 0 Å². The van der Waals surface area contributed by atoms with Crippen LogP contribution in [0.2, 0.25) is 0 Å². The molecule has 2 N–H and O–H groups in total. The van der Waals surface area contributed by atoms with Crippen LogP contribution in [0.1, 0.15) is 6.92 Å². The van der Waals surface area contributed by atoms with Crippen LogP contribution in [0.5, 0.6) is 0 Å². The molecule has 0 aromatic carbocycles. The summed E-state index contributed by atoms with van der Waals surface area (Å²) in [5.74, 6) is 0. The van der Waals surface area contributed by atoms with Gasteiger partial charge in [-0.1, -0.05) is 0 Å². The van der Waals surface area contributed by atoms with Crippen LogP contribution in [0.3, 0.4) is 0 Å². The SMILES string of the molecule is CCO/C=C\N. The van der Waals surface area contributed by atoms with Crippen LogP contribution in [0.4, 0.5) is 0 Å². The van der Waals surface area contributed by atoms with Gasteiger partial charge < -0.3 is 10.5 Å². The lowest BCUT2D eigenvalue weighted by molar-refractivity contribution is 0.268. The Labute approximate surface area is 37.6 Å². The lowest BCUT2D eigenvalue weighted by Gasteiger charge is -1.86. The molecular weight excluding hydrogens is 78.0 g/mol. The first-order valence-electron chi connectivity index (χ1n) is 1.90. The molecule has 0 amide bonds. The monoisotopic (exact) mass is 87.1 g/mol. The number of rotatable bonds is 2. The quantitative estimate of drug-likeness (QED) is 0.496. The second-order valence-electron chi connectivity index (χ2n) is 0.784. The van der Waals surface area contributed by atoms with Crippen LogP contribution in [0, 0.1) is 0 Å². The van der Waals surface area contributed by atoms with Crippen molar-refractivity contribution < 1.29 is 4.74 Å². The summed E-state index contributed by atoms with van der Waals surface area (Å²) in [7, 11) is 0. The molecule has 0 atom stereocenters. The molecule has 0 aliphatic heterocycles. The molecule has 0 heterocycles. The fourth-order valence-electron chi connectivity index (χ4n) is 0.152. The molecule has 0 aromatic heterocycles. The predicted molar refractivity (Wildman–Crippen MR) is 25.0 cm³/mol. The van der Waals surface area contributed by atoms with Gasteiger partial charge >= 0.3 is 0 Å². The van der Waals surface area contributed by atoms with Gasteiger partial charge in [0.15, 0.2) is 0 Å². The molecule has 0 radical (unpaired) electrons. The molecule has 0 saturated heterocycles. The number of hydrogen-bond donors (Lipinski definition) is 1. The minimum atomic E-state index is 0.688. The van der Waals surface area contributed by atoms with Crippen LogP contribution in [0.25, 0.3) is 0 Å². The molecule has 0 aromatic rings. The van der Waals surface area contributed by atoms with Crippen LogP contribution in [-0.4, -0.2) is 6.61 Å². The normalized spacial score (nSPS) is 9.50. The molecule has 6 heavy (non-hydrogen) atoms. The highest BCUT2D eigenvalue weighted by atomic mass is 16.5. The lowest BCUT2D eigenvalue weighted by Crippen LogP contribution is -1.80. The molecule has 0 aliphatic carbocycles. The van der Waals surface area contributed by atoms with Crippen LogP contribution >= 0.6 is 0 Å². The van der Waals surface area contributed by atoms with Gasteiger partial charge in [0, 0.05) is 6.20 Å². The molecule has 0 fully saturated rings. The van der Waals surface area contributed by atoms with E-state index in [-0.39, 0.29) is 0 Å². The maximum Gasteiger partial charge on any atom is 0.0983 e. The fraction of sp³-hybridized carbons (Fsp3) is 0.500. The van der Waals surface area contributed by atoms with Gasteiger partial charge in [-0.25, -0.2) is 0 Å². The van der Waals surface area contributed by atoms with Crippen molar-refractivity contribution in [3.63, 3.8) is 0 Å². The first kappa shape index (κ1) is 5.34. The topological polar surface area (TPSA) is 35.2 Å². The minimum Gasteiger partial charge on any atom is -0.500 e. The first-order chi connectivity index (χ1) is 2.91. The molecule has 2 heteroatoms.